The lowest BCUT2D eigenvalue weighted by Gasteiger charge is -2.19. The highest BCUT2D eigenvalue weighted by atomic mass is 32.1. The highest BCUT2D eigenvalue weighted by Crippen LogP contribution is 2.35. The van der Waals surface area contributed by atoms with Gasteiger partial charge in [0.25, 0.3) is 5.56 Å². The number of anilines is 1. The molecule has 1 atom stereocenters. The fourth-order valence-electron chi connectivity index (χ4n) is 4.04. The number of amides is 1. The molecule has 1 aliphatic carbocycles. The van der Waals surface area contributed by atoms with Crippen molar-refractivity contribution < 1.29 is 4.79 Å². The Morgan fingerprint density at radius 3 is 2.93 bits per heavy atom. The molecule has 1 aliphatic rings. The summed E-state index contributed by atoms with van der Waals surface area (Å²) >= 11 is 1.63. The molecule has 0 spiro atoms. The maximum atomic E-state index is 13.0. The highest BCUT2D eigenvalue weighted by Gasteiger charge is 2.23. The molecule has 158 valence electrons. The van der Waals surface area contributed by atoms with Gasteiger partial charge in [-0.15, -0.1) is 11.3 Å². The van der Waals surface area contributed by atoms with E-state index in [-0.39, 0.29) is 18.0 Å². The molecule has 0 saturated heterocycles. The third-order valence-corrected chi connectivity index (χ3v) is 6.95. The second-order valence-electron chi connectivity index (χ2n) is 8.17. The number of benzene rings is 1. The van der Waals surface area contributed by atoms with Gasteiger partial charge < -0.3 is 10.2 Å². The number of hydrogen-bond acceptors (Lipinski definition) is 5. The number of hydrogen-bond donors (Lipinski definition) is 1. The zero-order valence-corrected chi connectivity index (χ0v) is 18.4. The summed E-state index contributed by atoms with van der Waals surface area (Å²) in [7, 11) is 2.04. The molecule has 2 heterocycles. The van der Waals surface area contributed by atoms with Gasteiger partial charge in [-0.05, 0) is 49.3 Å². The standard InChI is InChI=1S/C23H28N4O2S/c1-16-9-10-18-19(13-16)30-22-21(18)23(29)27(15-25-22)14-20(28)24-11-6-12-26(2)17-7-4-3-5-8-17/h3-5,7-8,15-16H,6,9-14H2,1-2H3,(H,24,28)/t16-/m0/s1. The first-order valence-corrected chi connectivity index (χ1v) is 11.4. The molecule has 2 aromatic heterocycles. The Kier molecular flexibility index (Phi) is 6.18. The van der Waals surface area contributed by atoms with Gasteiger partial charge in [-0.2, -0.15) is 0 Å². The molecule has 4 rings (SSSR count). The third-order valence-electron chi connectivity index (χ3n) is 5.79. The fraction of sp³-hybridized carbons (Fsp3) is 0.435. The second-order valence-corrected chi connectivity index (χ2v) is 9.25. The van der Waals surface area contributed by atoms with Crippen LogP contribution in [-0.4, -0.2) is 35.6 Å². The maximum Gasteiger partial charge on any atom is 0.262 e. The van der Waals surface area contributed by atoms with Crippen LogP contribution in [0.3, 0.4) is 0 Å². The minimum absolute atomic E-state index is 0.0112. The number of aromatic nitrogens is 2. The van der Waals surface area contributed by atoms with E-state index in [0.29, 0.717) is 12.5 Å². The number of nitrogens with zero attached hydrogens (tertiary/aromatic N) is 3. The average Bonchev–Trinajstić information content (AvgIpc) is 3.12. The molecule has 7 heteroatoms. The molecule has 6 nitrogen and oxygen atoms in total. The van der Waals surface area contributed by atoms with E-state index in [4.69, 9.17) is 0 Å². The summed E-state index contributed by atoms with van der Waals surface area (Å²) in [6.07, 6.45) is 5.40. The summed E-state index contributed by atoms with van der Waals surface area (Å²) in [6, 6.07) is 10.2. The van der Waals surface area contributed by atoms with E-state index < -0.39 is 0 Å². The van der Waals surface area contributed by atoms with Gasteiger partial charge in [0.2, 0.25) is 5.91 Å². The normalized spacial score (nSPS) is 15.7. The number of aryl methyl sites for hydroxylation is 1. The molecule has 0 radical (unpaired) electrons. The van der Waals surface area contributed by atoms with Crippen LogP contribution in [0.2, 0.25) is 0 Å². The third kappa shape index (κ3) is 4.41. The largest absolute Gasteiger partial charge is 0.375 e. The summed E-state index contributed by atoms with van der Waals surface area (Å²) in [6.45, 7) is 3.68. The first kappa shape index (κ1) is 20.6. The van der Waals surface area contributed by atoms with E-state index in [1.165, 1.54) is 15.8 Å². The Labute approximate surface area is 180 Å². The predicted octanol–water partition coefficient (Wildman–Crippen LogP) is 3.23. The topological polar surface area (TPSA) is 67.2 Å². The quantitative estimate of drug-likeness (QED) is 0.592. The molecule has 1 aromatic carbocycles. The lowest BCUT2D eigenvalue weighted by atomic mass is 9.89. The summed E-state index contributed by atoms with van der Waals surface area (Å²) in [5, 5.41) is 3.65. The number of fused-ring (bicyclic) bond motifs is 3. The zero-order valence-electron chi connectivity index (χ0n) is 17.6. The van der Waals surface area contributed by atoms with Gasteiger partial charge in [0.1, 0.15) is 11.4 Å². The minimum atomic E-state index is -0.154. The van der Waals surface area contributed by atoms with Crippen LogP contribution in [0.15, 0.2) is 41.5 Å². The van der Waals surface area contributed by atoms with Crippen LogP contribution in [0.1, 0.15) is 30.2 Å². The van der Waals surface area contributed by atoms with Crippen LogP contribution in [0.4, 0.5) is 5.69 Å². The second kappa shape index (κ2) is 9.00. The highest BCUT2D eigenvalue weighted by molar-refractivity contribution is 7.18. The first-order chi connectivity index (χ1) is 14.5. The SMILES string of the molecule is C[C@H]1CCc2c(sc3ncn(CC(=O)NCCCN(C)c4ccccc4)c(=O)c23)C1. The number of nitrogens with one attached hydrogen (secondary N) is 1. The van der Waals surface area contributed by atoms with Gasteiger partial charge in [-0.3, -0.25) is 14.2 Å². The molecule has 0 fully saturated rings. The average molecular weight is 425 g/mol. The smallest absolute Gasteiger partial charge is 0.262 e. The van der Waals surface area contributed by atoms with Crippen LogP contribution in [0.5, 0.6) is 0 Å². The van der Waals surface area contributed by atoms with Gasteiger partial charge in [0.05, 0.1) is 11.7 Å². The van der Waals surface area contributed by atoms with Crippen LogP contribution < -0.4 is 15.8 Å². The molecule has 0 saturated carbocycles. The summed E-state index contributed by atoms with van der Waals surface area (Å²) in [5.41, 5.74) is 2.22. The Morgan fingerprint density at radius 2 is 2.13 bits per heavy atom. The van der Waals surface area contributed by atoms with Crippen molar-refractivity contribution in [2.45, 2.75) is 39.2 Å². The molecular weight excluding hydrogens is 396 g/mol. The first-order valence-electron chi connectivity index (χ1n) is 10.6. The Bertz CT molecular complexity index is 1090. The van der Waals surface area contributed by atoms with Crippen LogP contribution in [0, 0.1) is 5.92 Å². The Hall–Kier alpha value is -2.67. The van der Waals surface area contributed by atoms with Gasteiger partial charge in [0, 0.05) is 30.7 Å². The van der Waals surface area contributed by atoms with Crippen molar-refractivity contribution in [2.75, 3.05) is 25.0 Å². The lowest BCUT2D eigenvalue weighted by Crippen LogP contribution is -2.34. The van der Waals surface area contributed by atoms with E-state index in [9.17, 15) is 9.59 Å². The Morgan fingerprint density at radius 1 is 1.33 bits per heavy atom. The molecule has 1 N–H and O–H groups in total. The summed E-state index contributed by atoms with van der Waals surface area (Å²) in [5.74, 6) is 0.498. The number of thiophene rings is 1. The van der Waals surface area contributed by atoms with E-state index in [1.54, 1.807) is 11.3 Å². The van der Waals surface area contributed by atoms with Gasteiger partial charge >= 0.3 is 0 Å². The molecule has 0 aliphatic heterocycles. The summed E-state index contributed by atoms with van der Waals surface area (Å²) in [4.78, 5) is 34.1. The molecule has 30 heavy (non-hydrogen) atoms. The monoisotopic (exact) mass is 424 g/mol. The van der Waals surface area contributed by atoms with Crippen molar-refractivity contribution in [3.05, 3.63) is 57.5 Å². The van der Waals surface area contributed by atoms with Crippen molar-refractivity contribution in [1.29, 1.82) is 0 Å². The van der Waals surface area contributed by atoms with Gasteiger partial charge in [-0.1, -0.05) is 25.1 Å². The maximum absolute atomic E-state index is 13.0. The number of para-hydroxylation sites is 1. The van der Waals surface area contributed by atoms with Crippen molar-refractivity contribution in [3.63, 3.8) is 0 Å². The summed E-state index contributed by atoms with van der Waals surface area (Å²) < 4.78 is 1.44. The van der Waals surface area contributed by atoms with Crippen LogP contribution in [-0.2, 0) is 24.2 Å². The molecule has 3 aromatic rings. The molecular formula is C23H28N4O2S. The fourth-order valence-corrected chi connectivity index (χ4v) is 5.39. The number of rotatable bonds is 7. The zero-order chi connectivity index (χ0) is 21.1. The van der Waals surface area contributed by atoms with Crippen molar-refractivity contribution in [2.24, 2.45) is 5.92 Å². The van der Waals surface area contributed by atoms with Gasteiger partial charge in [0.15, 0.2) is 0 Å². The van der Waals surface area contributed by atoms with E-state index in [0.717, 1.165) is 53.7 Å². The van der Waals surface area contributed by atoms with E-state index in [2.05, 4.69) is 34.3 Å². The minimum Gasteiger partial charge on any atom is -0.375 e. The van der Waals surface area contributed by atoms with Gasteiger partial charge in [-0.25, -0.2) is 4.98 Å². The Balaban J connectivity index is 1.34. The predicted molar refractivity (Wildman–Crippen MR) is 122 cm³/mol. The van der Waals surface area contributed by atoms with Crippen LogP contribution >= 0.6 is 11.3 Å². The van der Waals surface area contributed by atoms with Crippen LogP contribution in [0.25, 0.3) is 10.2 Å². The molecule has 0 unspecified atom stereocenters. The van der Waals surface area contributed by atoms with Crippen molar-refractivity contribution in [1.82, 2.24) is 14.9 Å². The van der Waals surface area contributed by atoms with E-state index >= 15 is 0 Å². The van der Waals surface area contributed by atoms with Crippen molar-refractivity contribution >= 4 is 33.1 Å². The van der Waals surface area contributed by atoms with E-state index in [1.807, 2.05) is 25.2 Å². The number of carbonyl (C=O) groups excluding carboxylic acids is 1. The molecule has 0 bridgehead atoms. The van der Waals surface area contributed by atoms with Crippen molar-refractivity contribution in [3.8, 4) is 0 Å². The molecule has 1 amide bonds. The lowest BCUT2D eigenvalue weighted by molar-refractivity contribution is -0.121. The number of carbonyl (C=O) groups is 1.